The molecular weight excluding hydrogens is 182 g/mol. The molecule has 1 nitrogen and oxygen atoms in total. The lowest BCUT2D eigenvalue weighted by Crippen LogP contribution is -2.25. The van der Waals surface area contributed by atoms with Crippen LogP contribution in [0.15, 0.2) is 11.6 Å². The van der Waals surface area contributed by atoms with Crippen LogP contribution in [0.3, 0.4) is 0 Å². The molecule has 0 fully saturated rings. The van der Waals surface area contributed by atoms with Crippen molar-refractivity contribution in [3.63, 3.8) is 0 Å². The van der Waals surface area contributed by atoms with Crippen molar-refractivity contribution in [2.45, 2.75) is 57.9 Å². The monoisotopic (exact) mass is 205 g/mol. The van der Waals surface area contributed by atoms with Crippen molar-refractivity contribution in [2.24, 2.45) is 0 Å². The number of hydrogen-bond acceptors (Lipinski definition) is 1. The molecule has 0 bridgehead atoms. The second-order valence-corrected chi connectivity index (χ2v) is 4.26. The van der Waals surface area contributed by atoms with Crippen LogP contribution in [0, 0.1) is 11.8 Å². The van der Waals surface area contributed by atoms with E-state index in [0.717, 1.165) is 6.42 Å². The molecule has 0 heterocycles. The van der Waals surface area contributed by atoms with Crippen LogP contribution in [0.1, 0.15) is 51.9 Å². The molecule has 0 saturated heterocycles. The van der Waals surface area contributed by atoms with Crippen molar-refractivity contribution in [1.82, 2.24) is 5.32 Å². The number of allylic oxidation sites excluding steroid dienone is 1. The Morgan fingerprint density at radius 3 is 2.93 bits per heavy atom. The fourth-order valence-corrected chi connectivity index (χ4v) is 2.13. The van der Waals surface area contributed by atoms with Gasteiger partial charge in [-0.1, -0.05) is 11.6 Å². The minimum absolute atomic E-state index is 0.621. The summed E-state index contributed by atoms with van der Waals surface area (Å²) in [7, 11) is 2.06. The zero-order chi connectivity index (χ0) is 10.9. The molecule has 0 radical (unpaired) electrons. The van der Waals surface area contributed by atoms with Crippen molar-refractivity contribution >= 4 is 0 Å². The molecule has 0 saturated carbocycles. The Kier molecular flexibility index (Phi) is 6.20. The summed E-state index contributed by atoms with van der Waals surface area (Å²) < 4.78 is 0. The fourth-order valence-electron chi connectivity index (χ4n) is 2.13. The van der Waals surface area contributed by atoms with E-state index in [2.05, 4.69) is 30.3 Å². The van der Waals surface area contributed by atoms with Crippen LogP contribution in [-0.4, -0.2) is 13.1 Å². The topological polar surface area (TPSA) is 12.0 Å². The van der Waals surface area contributed by atoms with E-state index < -0.39 is 0 Å². The molecule has 0 aliphatic heterocycles. The summed E-state index contributed by atoms with van der Waals surface area (Å²) in [4.78, 5) is 0. The third-order valence-corrected chi connectivity index (χ3v) is 3.10. The van der Waals surface area contributed by atoms with Gasteiger partial charge in [-0.25, -0.2) is 0 Å². The van der Waals surface area contributed by atoms with Gasteiger partial charge in [0.2, 0.25) is 0 Å². The number of nitrogens with one attached hydrogen (secondary N) is 1. The Bertz CT molecular complexity index is 254. The Hall–Kier alpha value is -0.740. The maximum atomic E-state index is 3.40. The molecule has 1 aliphatic rings. The van der Waals surface area contributed by atoms with E-state index in [1.54, 1.807) is 5.57 Å². The first-order chi connectivity index (χ1) is 7.36. The first-order valence-electron chi connectivity index (χ1n) is 6.11. The highest BCUT2D eigenvalue weighted by atomic mass is 14.9. The molecule has 0 amide bonds. The summed E-state index contributed by atoms with van der Waals surface area (Å²) in [6, 6.07) is 0.621. The Labute approximate surface area is 94.3 Å². The van der Waals surface area contributed by atoms with Gasteiger partial charge in [-0.2, -0.15) is 0 Å². The van der Waals surface area contributed by atoms with E-state index in [1.807, 2.05) is 6.92 Å². The SMILES string of the molecule is CC#CCCC(CC1=CCCCC1)NC. The van der Waals surface area contributed by atoms with Crippen molar-refractivity contribution in [3.8, 4) is 11.8 Å². The third kappa shape index (κ3) is 5.04. The van der Waals surface area contributed by atoms with E-state index in [-0.39, 0.29) is 0 Å². The molecule has 1 aliphatic carbocycles. The molecule has 1 N–H and O–H groups in total. The maximum Gasteiger partial charge on any atom is 0.0110 e. The van der Waals surface area contributed by atoms with Gasteiger partial charge in [-0.3, -0.25) is 0 Å². The molecule has 0 spiro atoms. The van der Waals surface area contributed by atoms with E-state index in [4.69, 9.17) is 0 Å². The summed E-state index contributed by atoms with van der Waals surface area (Å²) in [5, 5.41) is 3.40. The Morgan fingerprint density at radius 1 is 1.47 bits per heavy atom. The van der Waals surface area contributed by atoms with Crippen LogP contribution in [0.4, 0.5) is 0 Å². The Balaban J connectivity index is 2.30. The highest BCUT2D eigenvalue weighted by Gasteiger charge is 2.10. The molecule has 0 aromatic rings. The highest BCUT2D eigenvalue weighted by molar-refractivity contribution is 5.07. The third-order valence-electron chi connectivity index (χ3n) is 3.10. The summed E-state index contributed by atoms with van der Waals surface area (Å²) in [5.74, 6) is 6.10. The van der Waals surface area contributed by atoms with Crippen LogP contribution in [0.5, 0.6) is 0 Å². The lowest BCUT2D eigenvalue weighted by atomic mass is 9.93. The van der Waals surface area contributed by atoms with Gasteiger partial charge in [0.25, 0.3) is 0 Å². The highest BCUT2D eigenvalue weighted by Crippen LogP contribution is 2.22. The molecule has 0 aromatic heterocycles. The van der Waals surface area contributed by atoms with Crippen LogP contribution in [-0.2, 0) is 0 Å². The lowest BCUT2D eigenvalue weighted by molar-refractivity contribution is 0.509. The maximum absolute atomic E-state index is 3.40. The molecule has 0 aromatic carbocycles. The molecule has 1 rings (SSSR count). The van der Waals surface area contributed by atoms with Gasteiger partial charge in [-0.05, 0) is 52.5 Å². The molecular formula is C14H23N. The van der Waals surface area contributed by atoms with Gasteiger partial charge < -0.3 is 5.32 Å². The van der Waals surface area contributed by atoms with Crippen molar-refractivity contribution < 1.29 is 0 Å². The first kappa shape index (κ1) is 12.3. The summed E-state index contributed by atoms with van der Waals surface area (Å²) >= 11 is 0. The first-order valence-corrected chi connectivity index (χ1v) is 6.11. The Morgan fingerprint density at radius 2 is 2.33 bits per heavy atom. The minimum atomic E-state index is 0.621. The number of hydrogen-bond donors (Lipinski definition) is 1. The molecule has 1 heteroatoms. The second-order valence-electron chi connectivity index (χ2n) is 4.26. The fraction of sp³-hybridized carbons (Fsp3) is 0.714. The average Bonchev–Trinajstić information content (AvgIpc) is 2.29. The van der Waals surface area contributed by atoms with Gasteiger partial charge in [0, 0.05) is 12.5 Å². The normalized spacial score (nSPS) is 17.6. The quantitative estimate of drug-likeness (QED) is 0.536. The zero-order valence-corrected chi connectivity index (χ0v) is 10.1. The summed E-state index contributed by atoms with van der Waals surface area (Å²) in [6.07, 6.45) is 11.2. The van der Waals surface area contributed by atoms with Crippen LogP contribution in [0.2, 0.25) is 0 Å². The van der Waals surface area contributed by atoms with Crippen molar-refractivity contribution in [1.29, 1.82) is 0 Å². The standard InChI is InChI=1S/C14H23N/c1-3-4-6-11-14(15-2)12-13-9-7-5-8-10-13/h9,14-15H,5-8,10-12H2,1-2H3. The molecule has 84 valence electrons. The van der Waals surface area contributed by atoms with E-state index in [1.165, 1.54) is 38.5 Å². The van der Waals surface area contributed by atoms with Crippen molar-refractivity contribution in [2.75, 3.05) is 7.05 Å². The van der Waals surface area contributed by atoms with Gasteiger partial charge in [0.05, 0.1) is 0 Å². The minimum Gasteiger partial charge on any atom is -0.317 e. The smallest absolute Gasteiger partial charge is 0.0110 e. The van der Waals surface area contributed by atoms with E-state index in [9.17, 15) is 0 Å². The van der Waals surface area contributed by atoms with Gasteiger partial charge in [0.1, 0.15) is 0 Å². The molecule has 1 atom stereocenters. The summed E-state index contributed by atoms with van der Waals surface area (Å²) in [5.41, 5.74) is 1.66. The second kappa shape index (κ2) is 7.54. The van der Waals surface area contributed by atoms with Crippen LogP contribution < -0.4 is 5.32 Å². The largest absolute Gasteiger partial charge is 0.317 e. The van der Waals surface area contributed by atoms with E-state index in [0.29, 0.717) is 6.04 Å². The predicted octanol–water partition coefficient (Wildman–Crippen LogP) is 3.27. The van der Waals surface area contributed by atoms with E-state index >= 15 is 0 Å². The van der Waals surface area contributed by atoms with Gasteiger partial charge in [0.15, 0.2) is 0 Å². The lowest BCUT2D eigenvalue weighted by Gasteiger charge is -2.19. The van der Waals surface area contributed by atoms with Gasteiger partial charge >= 0.3 is 0 Å². The van der Waals surface area contributed by atoms with Gasteiger partial charge in [-0.15, -0.1) is 11.8 Å². The molecule has 1 unspecified atom stereocenters. The van der Waals surface area contributed by atoms with Crippen LogP contribution >= 0.6 is 0 Å². The molecule has 15 heavy (non-hydrogen) atoms. The number of rotatable bonds is 5. The predicted molar refractivity (Wildman–Crippen MR) is 66.7 cm³/mol. The average molecular weight is 205 g/mol. The van der Waals surface area contributed by atoms with Crippen molar-refractivity contribution in [3.05, 3.63) is 11.6 Å². The van der Waals surface area contributed by atoms with Crippen LogP contribution in [0.25, 0.3) is 0 Å². The zero-order valence-electron chi connectivity index (χ0n) is 10.1. The summed E-state index contributed by atoms with van der Waals surface area (Å²) in [6.45, 7) is 1.91.